The maximum Gasteiger partial charge on any atom is 0.209 e. The highest BCUT2D eigenvalue weighted by atomic mass is 35.5. The summed E-state index contributed by atoms with van der Waals surface area (Å²) in [5.74, 6) is 0.546. The van der Waals surface area contributed by atoms with Gasteiger partial charge in [0.1, 0.15) is 5.75 Å². The number of sulfonamides is 1. The minimum atomic E-state index is -3.46. The molecule has 0 saturated heterocycles. The van der Waals surface area contributed by atoms with E-state index in [1.807, 2.05) is 6.92 Å². The molecular weight excluding hydrogens is 274 g/mol. The zero-order valence-electron chi connectivity index (χ0n) is 10.3. The number of ether oxygens (including phenoxy) is 1. The first-order chi connectivity index (χ1) is 8.40. The lowest BCUT2D eigenvalue weighted by Gasteiger charge is -2.15. The molecule has 0 aliphatic heterocycles. The molecule has 1 unspecified atom stereocenters. The third-order valence-corrected chi connectivity index (χ3v) is 3.65. The van der Waals surface area contributed by atoms with Crippen LogP contribution in [0.15, 0.2) is 24.3 Å². The lowest BCUT2D eigenvalue weighted by Crippen LogP contribution is -2.26. The molecule has 0 saturated carbocycles. The van der Waals surface area contributed by atoms with E-state index in [9.17, 15) is 8.42 Å². The van der Waals surface area contributed by atoms with Gasteiger partial charge in [-0.25, -0.2) is 13.6 Å². The van der Waals surface area contributed by atoms with Crippen molar-refractivity contribution in [3.63, 3.8) is 0 Å². The number of nitrogens with two attached hydrogens (primary N) is 1. The molecule has 1 aromatic carbocycles. The van der Waals surface area contributed by atoms with Crippen molar-refractivity contribution in [3.05, 3.63) is 29.3 Å². The van der Waals surface area contributed by atoms with Crippen LogP contribution in [0.25, 0.3) is 0 Å². The maximum atomic E-state index is 11.1. The Bertz CT molecular complexity index is 459. The van der Waals surface area contributed by atoms with Gasteiger partial charge in [-0.3, -0.25) is 0 Å². The van der Waals surface area contributed by atoms with Crippen LogP contribution >= 0.6 is 11.6 Å². The van der Waals surface area contributed by atoms with Crippen molar-refractivity contribution < 1.29 is 13.2 Å². The van der Waals surface area contributed by atoms with Crippen molar-refractivity contribution >= 4 is 21.6 Å². The molecule has 102 valence electrons. The molecule has 0 spiro atoms. The van der Waals surface area contributed by atoms with Crippen molar-refractivity contribution in [1.29, 1.82) is 0 Å². The summed E-state index contributed by atoms with van der Waals surface area (Å²) in [4.78, 5) is 0. The van der Waals surface area contributed by atoms with Crippen molar-refractivity contribution in [2.45, 2.75) is 19.8 Å². The molecule has 0 aromatic heterocycles. The van der Waals surface area contributed by atoms with Crippen molar-refractivity contribution in [3.8, 4) is 5.75 Å². The number of benzene rings is 1. The van der Waals surface area contributed by atoms with Gasteiger partial charge >= 0.3 is 0 Å². The number of hydrogen-bond donors (Lipinski definition) is 1. The Morgan fingerprint density at radius 1 is 1.33 bits per heavy atom. The van der Waals surface area contributed by atoms with Gasteiger partial charge in [0.05, 0.1) is 12.4 Å². The van der Waals surface area contributed by atoms with Gasteiger partial charge in [0, 0.05) is 10.9 Å². The third kappa shape index (κ3) is 6.23. The summed E-state index contributed by atoms with van der Waals surface area (Å²) in [6.45, 7) is 2.34. The topological polar surface area (TPSA) is 69.4 Å². The molecule has 0 aliphatic rings. The molecule has 1 aromatic rings. The van der Waals surface area contributed by atoms with Crippen LogP contribution in [-0.4, -0.2) is 20.8 Å². The SMILES string of the molecule is CCCC(COc1ccc(Cl)cc1)CS(N)(=O)=O. The van der Waals surface area contributed by atoms with Crippen LogP contribution in [0.3, 0.4) is 0 Å². The van der Waals surface area contributed by atoms with Gasteiger partial charge in [-0.05, 0) is 30.7 Å². The molecule has 2 N–H and O–H groups in total. The van der Waals surface area contributed by atoms with E-state index in [0.29, 0.717) is 17.4 Å². The Morgan fingerprint density at radius 2 is 1.94 bits per heavy atom. The molecule has 0 aliphatic carbocycles. The quantitative estimate of drug-likeness (QED) is 0.839. The molecule has 1 rings (SSSR count). The first-order valence-electron chi connectivity index (χ1n) is 5.79. The summed E-state index contributed by atoms with van der Waals surface area (Å²) in [6.07, 6.45) is 1.66. The molecule has 0 bridgehead atoms. The lowest BCUT2D eigenvalue weighted by atomic mass is 10.1. The second-order valence-electron chi connectivity index (χ2n) is 4.25. The van der Waals surface area contributed by atoms with Gasteiger partial charge in [-0.1, -0.05) is 24.9 Å². The van der Waals surface area contributed by atoms with Crippen LogP contribution in [-0.2, 0) is 10.0 Å². The average molecular weight is 292 g/mol. The van der Waals surface area contributed by atoms with E-state index in [4.69, 9.17) is 21.5 Å². The fourth-order valence-corrected chi connectivity index (χ4v) is 2.74. The van der Waals surface area contributed by atoms with E-state index in [2.05, 4.69) is 0 Å². The van der Waals surface area contributed by atoms with Gasteiger partial charge in [0.15, 0.2) is 0 Å². The number of rotatable bonds is 7. The van der Waals surface area contributed by atoms with Crippen molar-refractivity contribution in [2.75, 3.05) is 12.4 Å². The Hall–Kier alpha value is -0.780. The highest BCUT2D eigenvalue weighted by Crippen LogP contribution is 2.17. The lowest BCUT2D eigenvalue weighted by molar-refractivity contribution is 0.252. The summed E-state index contributed by atoms with van der Waals surface area (Å²) in [7, 11) is -3.46. The normalized spacial score (nSPS) is 13.3. The molecule has 0 heterocycles. The molecule has 0 radical (unpaired) electrons. The number of primary sulfonamides is 1. The predicted molar refractivity (Wildman–Crippen MR) is 73.3 cm³/mol. The van der Waals surface area contributed by atoms with Gasteiger partial charge in [-0.15, -0.1) is 0 Å². The van der Waals surface area contributed by atoms with E-state index >= 15 is 0 Å². The first-order valence-corrected chi connectivity index (χ1v) is 7.89. The Labute approximate surface area is 113 Å². The highest BCUT2D eigenvalue weighted by Gasteiger charge is 2.16. The fourth-order valence-electron chi connectivity index (χ4n) is 1.70. The van der Waals surface area contributed by atoms with Crippen LogP contribution in [0.2, 0.25) is 5.02 Å². The second kappa shape index (κ2) is 6.97. The smallest absolute Gasteiger partial charge is 0.209 e. The summed E-state index contributed by atoms with van der Waals surface area (Å²) in [5, 5.41) is 5.69. The molecule has 6 heteroatoms. The predicted octanol–water partition coefficient (Wildman–Crippen LogP) is 2.42. The van der Waals surface area contributed by atoms with E-state index in [1.54, 1.807) is 24.3 Å². The van der Waals surface area contributed by atoms with Gasteiger partial charge < -0.3 is 4.74 Å². The van der Waals surface area contributed by atoms with Crippen LogP contribution in [0.4, 0.5) is 0 Å². The van der Waals surface area contributed by atoms with Gasteiger partial charge in [0.2, 0.25) is 10.0 Å². The van der Waals surface area contributed by atoms with Gasteiger partial charge in [-0.2, -0.15) is 0 Å². The van der Waals surface area contributed by atoms with Crippen LogP contribution in [0.1, 0.15) is 19.8 Å². The average Bonchev–Trinajstić information content (AvgIpc) is 2.26. The minimum Gasteiger partial charge on any atom is -0.493 e. The molecule has 4 nitrogen and oxygen atoms in total. The zero-order valence-corrected chi connectivity index (χ0v) is 11.9. The largest absolute Gasteiger partial charge is 0.493 e. The molecule has 18 heavy (non-hydrogen) atoms. The Morgan fingerprint density at radius 3 is 2.44 bits per heavy atom. The molecular formula is C12H18ClNO3S. The van der Waals surface area contributed by atoms with Crippen molar-refractivity contribution in [2.24, 2.45) is 11.1 Å². The Kier molecular flexibility index (Phi) is 5.91. The van der Waals surface area contributed by atoms with E-state index in [-0.39, 0.29) is 11.7 Å². The van der Waals surface area contributed by atoms with Gasteiger partial charge in [0.25, 0.3) is 0 Å². The minimum absolute atomic E-state index is 0.0472. The second-order valence-corrected chi connectivity index (χ2v) is 6.34. The van der Waals surface area contributed by atoms with Crippen LogP contribution in [0, 0.1) is 5.92 Å². The summed E-state index contributed by atoms with van der Waals surface area (Å²) >= 11 is 5.76. The van der Waals surface area contributed by atoms with Crippen LogP contribution < -0.4 is 9.88 Å². The van der Waals surface area contributed by atoms with Crippen molar-refractivity contribution in [1.82, 2.24) is 0 Å². The van der Waals surface area contributed by atoms with E-state index in [1.165, 1.54) is 0 Å². The summed E-state index contributed by atoms with van der Waals surface area (Å²) < 4.78 is 27.7. The zero-order chi connectivity index (χ0) is 13.6. The molecule has 1 atom stereocenters. The highest BCUT2D eigenvalue weighted by molar-refractivity contribution is 7.89. The summed E-state index contributed by atoms with van der Waals surface area (Å²) in [6, 6.07) is 6.96. The van der Waals surface area contributed by atoms with E-state index < -0.39 is 10.0 Å². The first kappa shape index (κ1) is 15.3. The number of hydrogen-bond acceptors (Lipinski definition) is 3. The standard InChI is InChI=1S/C12H18ClNO3S/c1-2-3-10(9-18(14,15)16)8-17-12-6-4-11(13)5-7-12/h4-7,10H,2-3,8-9H2,1H3,(H2,14,15,16). The number of halogens is 1. The third-order valence-electron chi connectivity index (χ3n) is 2.46. The van der Waals surface area contributed by atoms with E-state index in [0.717, 1.165) is 12.8 Å². The Balaban J connectivity index is 2.54. The molecule has 0 fully saturated rings. The maximum absolute atomic E-state index is 11.1. The summed E-state index contributed by atoms with van der Waals surface area (Å²) in [5.41, 5.74) is 0. The van der Waals surface area contributed by atoms with Crippen LogP contribution in [0.5, 0.6) is 5.75 Å². The monoisotopic (exact) mass is 291 g/mol. The fraction of sp³-hybridized carbons (Fsp3) is 0.500. The molecule has 0 amide bonds.